The molecule has 0 radical (unpaired) electrons. The molecule has 3 N–H and O–H groups in total. The quantitative estimate of drug-likeness (QED) is 0.792. The van der Waals surface area contributed by atoms with Crippen LogP contribution in [0.1, 0.15) is 23.2 Å². The van der Waals surface area contributed by atoms with Gasteiger partial charge in [-0.15, -0.1) is 0 Å². The summed E-state index contributed by atoms with van der Waals surface area (Å²) in [5.74, 6) is 1.65. The molecule has 1 saturated heterocycles. The topological polar surface area (TPSA) is 78.4 Å². The number of benzene rings is 1. The number of rotatable bonds is 4. The van der Waals surface area contributed by atoms with Crippen LogP contribution in [0.5, 0.6) is 0 Å². The highest BCUT2D eigenvalue weighted by Gasteiger charge is 2.16. The minimum Gasteiger partial charge on any atom is -0.478 e. The smallest absolute Gasteiger partial charge is 0.337 e. The Morgan fingerprint density at radius 3 is 2.71 bits per heavy atom. The van der Waals surface area contributed by atoms with Crippen LogP contribution in [0.4, 0.5) is 10.5 Å². The lowest BCUT2D eigenvalue weighted by Gasteiger charge is -2.21. The number of carboxylic acids is 1. The van der Waals surface area contributed by atoms with Gasteiger partial charge in [0, 0.05) is 11.6 Å². The highest BCUT2D eigenvalue weighted by Crippen LogP contribution is 2.23. The molecule has 0 saturated carbocycles. The maximum Gasteiger partial charge on any atom is 0.337 e. The number of hydrogen-bond donors (Lipinski definition) is 3. The van der Waals surface area contributed by atoms with Crippen LogP contribution in [0, 0.1) is 5.92 Å². The molecule has 1 aromatic rings. The number of carbonyl (C=O) groups is 2. The molecular formula is C14H17ClN2O3S. The molecule has 1 fully saturated rings. The number of nitrogens with one attached hydrogen (secondary N) is 2. The fourth-order valence-corrected chi connectivity index (χ4v) is 3.54. The molecule has 0 aliphatic carbocycles. The predicted octanol–water partition coefficient (Wildman–Crippen LogP) is 3.30. The molecule has 1 aromatic carbocycles. The number of thioether (sulfide) groups is 1. The van der Waals surface area contributed by atoms with Crippen LogP contribution in [-0.4, -0.2) is 35.2 Å². The number of anilines is 1. The molecule has 0 unspecified atom stereocenters. The second-order valence-corrected chi connectivity index (χ2v) is 6.55. The first-order valence-corrected chi connectivity index (χ1v) is 8.25. The Kier molecular flexibility index (Phi) is 5.76. The number of carbonyl (C=O) groups excluding carboxylic acids is 1. The summed E-state index contributed by atoms with van der Waals surface area (Å²) in [6, 6.07) is 3.88. The summed E-state index contributed by atoms with van der Waals surface area (Å²) in [5.41, 5.74) is 0.218. The lowest BCUT2D eigenvalue weighted by Crippen LogP contribution is -2.34. The van der Waals surface area contributed by atoms with Gasteiger partial charge in [-0.25, -0.2) is 9.59 Å². The van der Waals surface area contributed by atoms with Crippen LogP contribution in [-0.2, 0) is 0 Å². The van der Waals surface area contributed by atoms with Crippen molar-refractivity contribution in [3.63, 3.8) is 0 Å². The zero-order valence-corrected chi connectivity index (χ0v) is 13.0. The first-order valence-electron chi connectivity index (χ1n) is 6.71. The van der Waals surface area contributed by atoms with Crippen molar-refractivity contribution in [1.82, 2.24) is 5.32 Å². The van der Waals surface area contributed by atoms with Gasteiger partial charge in [0.05, 0.1) is 11.3 Å². The third-order valence-corrected chi connectivity index (χ3v) is 4.64. The second-order valence-electron chi connectivity index (χ2n) is 4.89. The number of aromatic carboxylic acids is 1. The summed E-state index contributed by atoms with van der Waals surface area (Å²) in [5, 5.41) is 14.8. The van der Waals surface area contributed by atoms with E-state index in [-0.39, 0.29) is 11.3 Å². The molecule has 0 atom stereocenters. The molecule has 0 spiro atoms. The van der Waals surface area contributed by atoms with Gasteiger partial charge in [-0.1, -0.05) is 11.6 Å². The highest BCUT2D eigenvalue weighted by molar-refractivity contribution is 7.99. The molecule has 5 nitrogen and oxygen atoms in total. The molecule has 2 amide bonds. The molecule has 114 valence electrons. The molecular weight excluding hydrogens is 312 g/mol. The van der Waals surface area contributed by atoms with E-state index < -0.39 is 12.0 Å². The Hall–Kier alpha value is -1.40. The van der Waals surface area contributed by atoms with Crippen molar-refractivity contribution in [2.75, 3.05) is 23.4 Å². The van der Waals surface area contributed by atoms with Gasteiger partial charge in [0.25, 0.3) is 0 Å². The van der Waals surface area contributed by atoms with E-state index in [1.807, 2.05) is 11.8 Å². The van der Waals surface area contributed by atoms with Gasteiger partial charge in [-0.05, 0) is 48.5 Å². The lowest BCUT2D eigenvalue weighted by atomic mass is 10.0. The van der Waals surface area contributed by atoms with Crippen LogP contribution < -0.4 is 10.6 Å². The van der Waals surface area contributed by atoms with Crippen molar-refractivity contribution in [1.29, 1.82) is 0 Å². The van der Waals surface area contributed by atoms with Gasteiger partial charge in [-0.3, -0.25) is 0 Å². The molecule has 1 aliphatic heterocycles. The Morgan fingerprint density at radius 2 is 2.05 bits per heavy atom. The average molecular weight is 329 g/mol. The van der Waals surface area contributed by atoms with E-state index in [1.54, 1.807) is 0 Å². The lowest BCUT2D eigenvalue weighted by molar-refractivity contribution is 0.0698. The zero-order chi connectivity index (χ0) is 15.2. The van der Waals surface area contributed by atoms with Crippen molar-refractivity contribution < 1.29 is 14.7 Å². The number of carboxylic acid groups (broad SMARTS) is 1. The summed E-state index contributed by atoms with van der Waals surface area (Å²) in [7, 11) is 0. The van der Waals surface area contributed by atoms with Gasteiger partial charge in [0.2, 0.25) is 0 Å². The fourth-order valence-electron chi connectivity index (χ4n) is 2.16. The van der Waals surface area contributed by atoms with Gasteiger partial charge in [-0.2, -0.15) is 11.8 Å². The molecule has 0 aromatic heterocycles. The van der Waals surface area contributed by atoms with Gasteiger partial charge in [0.1, 0.15) is 0 Å². The van der Waals surface area contributed by atoms with Crippen molar-refractivity contribution >= 4 is 41.1 Å². The van der Waals surface area contributed by atoms with Crippen LogP contribution >= 0.6 is 23.4 Å². The number of urea groups is 1. The SMILES string of the molecule is O=C(NCC1CCSCC1)Nc1cc(Cl)ccc1C(=O)O. The molecule has 1 aliphatic rings. The third kappa shape index (κ3) is 4.82. The van der Waals surface area contributed by atoms with E-state index in [2.05, 4.69) is 10.6 Å². The maximum absolute atomic E-state index is 11.9. The largest absolute Gasteiger partial charge is 0.478 e. The van der Waals surface area contributed by atoms with Crippen molar-refractivity contribution in [2.24, 2.45) is 5.92 Å². The van der Waals surface area contributed by atoms with E-state index in [0.717, 1.165) is 24.3 Å². The molecule has 21 heavy (non-hydrogen) atoms. The van der Waals surface area contributed by atoms with E-state index in [0.29, 0.717) is 17.5 Å². The Balaban J connectivity index is 1.92. The summed E-state index contributed by atoms with van der Waals surface area (Å²) in [4.78, 5) is 23.0. The second kappa shape index (κ2) is 7.56. The number of hydrogen-bond acceptors (Lipinski definition) is 3. The van der Waals surface area contributed by atoms with E-state index in [1.165, 1.54) is 18.2 Å². The summed E-state index contributed by atoms with van der Waals surface area (Å²) >= 11 is 7.77. The van der Waals surface area contributed by atoms with Crippen LogP contribution in [0.2, 0.25) is 5.02 Å². The van der Waals surface area contributed by atoms with Crippen LogP contribution in [0.3, 0.4) is 0 Å². The van der Waals surface area contributed by atoms with Crippen LogP contribution in [0.15, 0.2) is 18.2 Å². The molecule has 7 heteroatoms. The minimum atomic E-state index is -1.11. The summed E-state index contributed by atoms with van der Waals surface area (Å²) in [6.45, 7) is 0.607. The average Bonchev–Trinajstić information content (AvgIpc) is 2.46. The van der Waals surface area contributed by atoms with Crippen molar-refractivity contribution in [3.8, 4) is 0 Å². The fraction of sp³-hybridized carbons (Fsp3) is 0.429. The minimum absolute atomic E-state index is 0.0172. The number of amides is 2. The molecule has 0 bridgehead atoms. The van der Waals surface area contributed by atoms with Gasteiger partial charge >= 0.3 is 12.0 Å². The highest BCUT2D eigenvalue weighted by atomic mass is 35.5. The summed E-state index contributed by atoms with van der Waals surface area (Å²) < 4.78 is 0. The van der Waals surface area contributed by atoms with Gasteiger partial charge in [0.15, 0.2) is 0 Å². The van der Waals surface area contributed by atoms with Crippen molar-refractivity contribution in [2.45, 2.75) is 12.8 Å². The van der Waals surface area contributed by atoms with E-state index in [4.69, 9.17) is 16.7 Å². The summed E-state index contributed by atoms with van der Waals surface area (Å²) in [6.07, 6.45) is 2.20. The maximum atomic E-state index is 11.9. The van der Waals surface area contributed by atoms with E-state index >= 15 is 0 Å². The normalized spacial score (nSPS) is 15.5. The Labute approximate surface area is 132 Å². The third-order valence-electron chi connectivity index (χ3n) is 3.35. The standard InChI is InChI=1S/C14H17ClN2O3S/c15-10-1-2-11(13(18)19)12(7-10)17-14(20)16-8-9-3-5-21-6-4-9/h1-2,7,9H,3-6,8H2,(H,18,19)(H2,16,17,20). The van der Waals surface area contributed by atoms with E-state index in [9.17, 15) is 9.59 Å². The Morgan fingerprint density at radius 1 is 1.33 bits per heavy atom. The molecule has 2 rings (SSSR count). The zero-order valence-electron chi connectivity index (χ0n) is 11.4. The van der Waals surface area contributed by atoms with Crippen molar-refractivity contribution in [3.05, 3.63) is 28.8 Å². The van der Waals surface area contributed by atoms with Gasteiger partial charge < -0.3 is 15.7 Å². The Bertz CT molecular complexity index is 533. The first kappa shape index (κ1) is 16.0. The predicted molar refractivity (Wildman–Crippen MR) is 85.5 cm³/mol. The monoisotopic (exact) mass is 328 g/mol. The molecule has 1 heterocycles. The number of halogens is 1. The van der Waals surface area contributed by atoms with Crippen LogP contribution in [0.25, 0.3) is 0 Å². The first-order chi connectivity index (χ1) is 10.1.